The van der Waals surface area contributed by atoms with Crippen molar-refractivity contribution < 1.29 is 14.3 Å². The zero-order chi connectivity index (χ0) is 10.7. The van der Waals surface area contributed by atoms with E-state index in [0.717, 1.165) is 0 Å². The minimum Gasteiger partial charge on any atom is -0.440 e. The van der Waals surface area contributed by atoms with Crippen molar-refractivity contribution in [3.05, 3.63) is 0 Å². The van der Waals surface area contributed by atoms with E-state index in [-0.39, 0.29) is 24.6 Å². The standard InChI is InChI=1S/C7H14N4O3/c8-4-1-11(2-5(4)9)6(12)3-14-7(10)13/h4-5H,1-3,8-9H2,(H2,10,13)/t4-,5+. The molecule has 1 rings (SSSR count). The summed E-state index contributed by atoms with van der Waals surface area (Å²) < 4.78 is 4.35. The Morgan fingerprint density at radius 3 is 2.21 bits per heavy atom. The van der Waals surface area contributed by atoms with Gasteiger partial charge in [-0.1, -0.05) is 0 Å². The van der Waals surface area contributed by atoms with Crippen LogP contribution in [0.1, 0.15) is 0 Å². The molecular formula is C7H14N4O3. The first-order valence-corrected chi connectivity index (χ1v) is 4.22. The molecule has 0 aliphatic carbocycles. The summed E-state index contributed by atoms with van der Waals surface area (Å²) in [5.41, 5.74) is 15.9. The van der Waals surface area contributed by atoms with Crippen LogP contribution in [0.4, 0.5) is 4.79 Å². The van der Waals surface area contributed by atoms with Crippen molar-refractivity contribution in [1.29, 1.82) is 0 Å². The molecule has 0 unspecified atom stereocenters. The summed E-state index contributed by atoms with van der Waals surface area (Å²) in [5, 5.41) is 0. The molecular weight excluding hydrogens is 188 g/mol. The van der Waals surface area contributed by atoms with Crippen molar-refractivity contribution in [2.75, 3.05) is 19.7 Å². The van der Waals surface area contributed by atoms with Crippen LogP contribution in [0.3, 0.4) is 0 Å². The second kappa shape index (κ2) is 4.25. The van der Waals surface area contributed by atoms with E-state index in [2.05, 4.69) is 4.74 Å². The second-order valence-corrected chi connectivity index (χ2v) is 3.23. The Morgan fingerprint density at radius 1 is 1.29 bits per heavy atom. The topological polar surface area (TPSA) is 125 Å². The summed E-state index contributed by atoms with van der Waals surface area (Å²) in [6, 6.07) is -0.431. The van der Waals surface area contributed by atoms with E-state index in [9.17, 15) is 9.59 Å². The number of carbonyl (C=O) groups excluding carboxylic acids is 2. The predicted molar refractivity (Wildman–Crippen MR) is 48.1 cm³/mol. The number of ether oxygens (including phenoxy) is 1. The van der Waals surface area contributed by atoms with E-state index in [4.69, 9.17) is 17.2 Å². The van der Waals surface area contributed by atoms with Crippen LogP contribution >= 0.6 is 0 Å². The lowest BCUT2D eigenvalue weighted by atomic mass is 10.2. The number of amides is 2. The van der Waals surface area contributed by atoms with E-state index in [1.165, 1.54) is 4.90 Å². The highest BCUT2D eigenvalue weighted by molar-refractivity contribution is 5.80. The van der Waals surface area contributed by atoms with Crippen molar-refractivity contribution in [2.45, 2.75) is 12.1 Å². The van der Waals surface area contributed by atoms with Crippen LogP contribution in [0, 0.1) is 0 Å². The molecule has 0 aromatic rings. The summed E-state index contributed by atoms with van der Waals surface area (Å²) in [7, 11) is 0. The first kappa shape index (κ1) is 10.7. The lowest BCUT2D eigenvalue weighted by molar-refractivity contribution is -0.133. The highest BCUT2D eigenvalue weighted by atomic mass is 16.5. The van der Waals surface area contributed by atoms with Gasteiger partial charge in [0.2, 0.25) is 0 Å². The van der Waals surface area contributed by atoms with Crippen LogP contribution in [0.15, 0.2) is 0 Å². The van der Waals surface area contributed by atoms with Gasteiger partial charge < -0.3 is 26.8 Å². The fourth-order valence-corrected chi connectivity index (χ4v) is 1.28. The van der Waals surface area contributed by atoms with Gasteiger partial charge in [0.15, 0.2) is 6.61 Å². The zero-order valence-electron chi connectivity index (χ0n) is 7.68. The molecule has 0 radical (unpaired) electrons. The molecule has 14 heavy (non-hydrogen) atoms. The van der Waals surface area contributed by atoms with E-state index in [1.807, 2.05) is 0 Å². The summed E-state index contributed by atoms with van der Waals surface area (Å²) in [5.74, 6) is -0.327. The lowest BCUT2D eigenvalue weighted by Gasteiger charge is -2.14. The van der Waals surface area contributed by atoms with Gasteiger partial charge in [-0.25, -0.2) is 4.79 Å². The average Bonchev–Trinajstić information content (AvgIpc) is 2.43. The van der Waals surface area contributed by atoms with E-state index in [1.54, 1.807) is 0 Å². The van der Waals surface area contributed by atoms with Crippen LogP contribution in [0.25, 0.3) is 0 Å². The van der Waals surface area contributed by atoms with Crippen LogP contribution in [0.2, 0.25) is 0 Å². The molecule has 1 heterocycles. The maximum absolute atomic E-state index is 11.3. The van der Waals surface area contributed by atoms with Crippen molar-refractivity contribution in [3.8, 4) is 0 Å². The average molecular weight is 202 g/mol. The molecule has 0 saturated carbocycles. The van der Waals surface area contributed by atoms with Gasteiger partial charge in [-0.15, -0.1) is 0 Å². The summed E-state index contributed by atoms with van der Waals surface area (Å²) in [4.78, 5) is 23.0. The fourth-order valence-electron chi connectivity index (χ4n) is 1.28. The predicted octanol–water partition coefficient (Wildman–Crippen LogP) is -2.42. The number of rotatable bonds is 2. The smallest absolute Gasteiger partial charge is 0.405 e. The number of carbonyl (C=O) groups is 2. The number of nitrogens with two attached hydrogens (primary N) is 3. The molecule has 2 amide bonds. The minimum atomic E-state index is -0.967. The van der Waals surface area contributed by atoms with Gasteiger partial charge in [0.1, 0.15) is 0 Å². The van der Waals surface area contributed by atoms with E-state index < -0.39 is 6.09 Å². The first-order valence-electron chi connectivity index (χ1n) is 4.22. The van der Waals surface area contributed by atoms with Gasteiger partial charge in [-0.3, -0.25) is 4.79 Å². The quantitative estimate of drug-likeness (QED) is 0.459. The number of hydrogen-bond donors (Lipinski definition) is 3. The van der Waals surface area contributed by atoms with E-state index >= 15 is 0 Å². The van der Waals surface area contributed by atoms with Crippen LogP contribution < -0.4 is 17.2 Å². The summed E-state index contributed by atoms with van der Waals surface area (Å²) in [6.07, 6.45) is -0.967. The Balaban J connectivity index is 2.36. The Labute approximate surface area is 81.1 Å². The van der Waals surface area contributed by atoms with E-state index in [0.29, 0.717) is 13.1 Å². The van der Waals surface area contributed by atoms with Crippen molar-refractivity contribution in [1.82, 2.24) is 4.90 Å². The third kappa shape index (κ3) is 2.57. The molecule has 7 nitrogen and oxygen atoms in total. The van der Waals surface area contributed by atoms with Gasteiger partial charge >= 0.3 is 6.09 Å². The third-order valence-electron chi connectivity index (χ3n) is 2.10. The van der Waals surface area contributed by atoms with Gasteiger partial charge in [-0.05, 0) is 0 Å². The molecule has 2 atom stereocenters. The molecule has 1 fully saturated rings. The Hall–Kier alpha value is -1.34. The molecule has 1 aliphatic rings. The maximum Gasteiger partial charge on any atom is 0.405 e. The van der Waals surface area contributed by atoms with Gasteiger partial charge in [0, 0.05) is 25.2 Å². The Morgan fingerprint density at radius 2 is 1.79 bits per heavy atom. The monoisotopic (exact) mass is 202 g/mol. The second-order valence-electron chi connectivity index (χ2n) is 3.23. The largest absolute Gasteiger partial charge is 0.440 e. The fraction of sp³-hybridized carbons (Fsp3) is 0.714. The Kier molecular flexibility index (Phi) is 3.26. The SMILES string of the molecule is NC(=O)OCC(=O)N1C[C@@H](N)[C@@H](N)C1. The van der Waals surface area contributed by atoms with Gasteiger partial charge in [0.25, 0.3) is 5.91 Å². The number of likely N-dealkylation sites (tertiary alicyclic amines) is 1. The summed E-state index contributed by atoms with van der Waals surface area (Å²) in [6.45, 7) is 0.430. The third-order valence-corrected chi connectivity index (χ3v) is 2.10. The number of hydrogen-bond acceptors (Lipinski definition) is 5. The molecule has 80 valence electrons. The molecule has 0 aromatic heterocycles. The van der Waals surface area contributed by atoms with Crippen LogP contribution in [-0.4, -0.2) is 48.7 Å². The maximum atomic E-state index is 11.3. The van der Waals surface area contributed by atoms with Crippen LogP contribution in [0.5, 0.6) is 0 Å². The molecule has 0 aromatic carbocycles. The van der Waals surface area contributed by atoms with Gasteiger partial charge in [-0.2, -0.15) is 0 Å². The molecule has 0 bridgehead atoms. The van der Waals surface area contributed by atoms with Crippen molar-refractivity contribution in [3.63, 3.8) is 0 Å². The molecule has 1 saturated heterocycles. The Bertz CT molecular complexity index is 235. The highest BCUT2D eigenvalue weighted by Crippen LogP contribution is 2.06. The lowest BCUT2D eigenvalue weighted by Crippen LogP contribution is -2.39. The van der Waals surface area contributed by atoms with Crippen molar-refractivity contribution in [2.24, 2.45) is 17.2 Å². The normalized spacial score (nSPS) is 26.3. The molecule has 7 heteroatoms. The highest BCUT2D eigenvalue weighted by Gasteiger charge is 2.30. The summed E-state index contributed by atoms with van der Waals surface area (Å²) >= 11 is 0. The van der Waals surface area contributed by atoms with Crippen molar-refractivity contribution >= 4 is 12.0 Å². The van der Waals surface area contributed by atoms with Crippen LogP contribution in [-0.2, 0) is 9.53 Å². The zero-order valence-corrected chi connectivity index (χ0v) is 7.68. The number of primary amides is 1. The molecule has 0 spiro atoms. The molecule has 6 N–H and O–H groups in total. The number of nitrogens with zero attached hydrogens (tertiary/aromatic N) is 1. The minimum absolute atomic E-state index is 0.215. The first-order chi connectivity index (χ1) is 6.50. The van der Waals surface area contributed by atoms with Gasteiger partial charge in [0.05, 0.1) is 0 Å². The molecule has 1 aliphatic heterocycles.